The number of hydrogen-bond acceptors (Lipinski definition) is 3. The minimum absolute atomic E-state index is 0.191. The van der Waals surface area contributed by atoms with Crippen LogP contribution in [-0.2, 0) is 4.79 Å². The molecule has 0 amide bonds. The number of rotatable bonds is 5. The van der Waals surface area contributed by atoms with Crippen molar-refractivity contribution in [1.29, 1.82) is 0 Å². The molecule has 2 rings (SSSR count). The molecule has 4 heteroatoms. The molecule has 2 nitrogen and oxygen atoms in total. The van der Waals surface area contributed by atoms with Crippen LogP contribution in [-0.4, -0.2) is 36.6 Å². The van der Waals surface area contributed by atoms with Crippen molar-refractivity contribution in [2.24, 2.45) is 5.92 Å². The topological polar surface area (TPSA) is 20.3 Å². The fourth-order valence-corrected chi connectivity index (χ4v) is 3.14. The lowest BCUT2D eigenvalue weighted by molar-refractivity contribution is -0.112. The summed E-state index contributed by atoms with van der Waals surface area (Å²) >= 11 is 1.73. The van der Waals surface area contributed by atoms with Gasteiger partial charge in [0.15, 0.2) is 0 Å². The number of aldehydes is 1. The summed E-state index contributed by atoms with van der Waals surface area (Å²) in [5.41, 5.74) is 0. The lowest BCUT2D eigenvalue weighted by Crippen LogP contribution is -2.37. The summed E-state index contributed by atoms with van der Waals surface area (Å²) in [5.74, 6) is 1.01. The normalized spacial score (nSPS) is 20.8. The number of thioether (sulfide) groups is 1. The van der Waals surface area contributed by atoms with Crippen molar-refractivity contribution in [2.75, 3.05) is 25.4 Å². The lowest BCUT2D eigenvalue weighted by atomic mass is 10.00. The molecule has 1 heterocycles. The zero-order valence-corrected chi connectivity index (χ0v) is 11.2. The second kappa shape index (κ2) is 6.90. The molecule has 18 heavy (non-hydrogen) atoms. The highest BCUT2D eigenvalue weighted by molar-refractivity contribution is 7.99. The van der Waals surface area contributed by atoms with Gasteiger partial charge in [-0.05, 0) is 43.7 Å². The molecule has 0 spiro atoms. The van der Waals surface area contributed by atoms with E-state index in [0.29, 0.717) is 0 Å². The molecule has 1 unspecified atom stereocenters. The van der Waals surface area contributed by atoms with Crippen LogP contribution in [0.4, 0.5) is 4.39 Å². The van der Waals surface area contributed by atoms with Crippen LogP contribution in [0.5, 0.6) is 0 Å². The van der Waals surface area contributed by atoms with Gasteiger partial charge in [0.1, 0.15) is 12.1 Å². The van der Waals surface area contributed by atoms with Gasteiger partial charge >= 0.3 is 0 Å². The van der Waals surface area contributed by atoms with Gasteiger partial charge in [0.25, 0.3) is 0 Å². The van der Waals surface area contributed by atoms with E-state index in [9.17, 15) is 9.18 Å². The number of carbonyl (C=O) groups is 1. The molecule has 0 aliphatic carbocycles. The summed E-state index contributed by atoms with van der Waals surface area (Å²) in [6, 6.07) is 6.60. The third-order valence-corrected chi connectivity index (χ3v) is 4.22. The first-order valence-electron chi connectivity index (χ1n) is 6.34. The van der Waals surface area contributed by atoms with Crippen LogP contribution in [0.2, 0.25) is 0 Å². The second-order valence-electron chi connectivity index (χ2n) is 4.64. The van der Waals surface area contributed by atoms with Crippen LogP contribution < -0.4 is 0 Å². The predicted molar refractivity (Wildman–Crippen MR) is 72.4 cm³/mol. The number of piperidine rings is 1. The summed E-state index contributed by atoms with van der Waals surface area (Å²) in [4.78, 5) is 14.2. The molecule has 0 bridgehead atoms. The first-order valence-corrected chi connectivity index (χ1v) is 7.32. The Morgan fingerprint density at radius 1 is 1.39 bits per heavy atom. The molecule has 1 aliphatic rings. The molecule has 1 fully saturated rings. The zero-order valence-electron chi connectivity index (χ0n) is 10.3. The Morgan fingerprint density at radius 3 is 2.89 bits per heavy atom. The van der Waals surface area contributed by atoms with E-state index in [1.165, 1.54) is 12.1 Å². The van der Waals surface area contributed by atoms with E-state index in [1.54, 1.807) is 11.8 Å². The van der Waals surface area contributed by atoms with Gasteiger partial charge in [-0.25, -0.2) is 4.39 Å². The van der Waals surface area contributed by atoms with E-state index in [-0.39, 0.29) is 11.7 Å². The summed E-state index contributed by atoms with van der Waals surface area (Å²) in [6.45, 7) is 2.98. The Morgan fingerprint density at radius 2 is 2.17 bits per heavy atom. The van der Waals surface area contributed by atoms with Gasteiger partial charge in [-0.3, -0.25) is 0 Å². The quantitative estimate of drug-likeness (QED) is 0.604. The third kappa shape index (κ3) is 4.10. The lowest BCUT2D eigenvalue weighted by Gasteiger charge is -2.29. The fraction of sp³-hybridized carbons (Fsp3) is 0.500. The number of benzene rings is 1. The van der Waals surface area contributed by atoms with Gasteiger partial charge in [0.2, 0.25) is 0 Å². The minimum Gasteiger partial charge on any atom is -0.303 e. The van der Waals surface area contributed by atoms with E-state index in [2.05, 4.69) is 4.90 Å². The minimum atomic E-state index is -0.191. The van der Waals surface area contributed by atoms with Gasteiger partial charge < -0.3 is 9.69 Å². The van der Waals surface area contributed by atoms with Crippen molar-refractivity contribution < 1.29 is 9.18 Å². The Hall–Kier alpha value is -0.870. The maximum Gasteiger partial charge on any atom is 0.124 e. The van der Waals surface area contributed by atoms with Crippen LogP contribution in [0.15, 0.2) is 29.2 Å². The monoisotopic (exact) mass is 267 g/mol. The maximum absolute atomic E-state index is 12.7. The third-order valence-electron chi connectivity index (χ3n) is 3.22. The highest BCUT2D eigenvalue weighted by Crippen LogP contribution is 2.20. The van der Waals surface area contributed by atoms with Crippen molar-refractivity contribution in [1.82, 2.24) is 4.90 Å². The SMILES string of the molecule is O=CC1CCCN(CCSc2ccc(F)cc2)C1. The Balaban J connectivity index is 1.71. The molecule has 1 saturated heterocycles. The van der Waals surface area contributed by atoms with Crippen molar-refractivity contribution in [2.45, 2.75) is 17.7 Å². The van der Waals surface area contributed by atoms with E-state index in [1.807, 2.05) is 12.1 Å². The van der Waals surface area contributed by atoms with E-state index < -0.39 is 0 Å². The number of carbonyl (C=O) groups excluding carboxylic acids is 1. The van der Waals surface area contributed by atoms with Gasteiger partial charge in [-0.2, -0.15) is 0 Å². The zero-order chi connectivity index (χ0) is 12.8. The largest absolute Gasteiger partial charge is 0.303 e. The average molecular weight is 267 g/mol. The van der Waals surface area contributed by atoms with E-state index in [4.69, 9.17) is 0 Å². The summed E-state index contributed by atoms with van der Waals surface area (Å²) in [7, 11) is 0. The molecule has 1 aliphatic heterocycles. The van der Waals surface area contributed by atoms with Crippen molar-refractivity contribution in [3.8, 4) is 0 Å². The van der Waals surface area contributed by atoms with E-state index in [0.717, 1.165) is 49.4 Å². The smallest absolute Gasteiger partial charge is 0.124 e. The first kappa shape index (κ1) is 13.6. The van der Waals surface area contributed by atoms with E-state index >= 15 is 0 Å². The van der Waals surface area contributed by atoms with Gasteiger partial charge in [0, 0.05) is 29.7 Å². The van der Waals surface area contributed by atoms with Gasteiger partial charge in [-0.15, -0.1) is 11.8 Å². The fourth-order valence-electron chi connectivity index (χ4n) is 2.23. The highest BCUT2D eigenvalue weighted by atomic mass is 32.2. The molecule has 0 aromatic heterocycles. The van der Waals surface area contributed by atoms with Crippen LogP contribution in [0.1, 0.15) is 12.8 Å². The standard InChI is InChI=1S/C14H18FNOS/c15-13-3-5-14(6-4-13)18-9-8-16-7-1-2-12(10-16)11-17/h3-6,11-12H,1-2,7-10H2. The Kier molecular flexibility index (Phi) is 5.20. The van der Waals surface area contributed by atoms with Crippen molar-refractivity contribution in [3.05, 3.63) is 30.1 Å². The van der Waals surface area contributed by atoms with Crippen molar-refractivity contribution in [3.63, 3.8) is 0 Å². The molecule has 1 aromatic carbocycles. The predicted octanol–water partition coefficient (Wildman–Crippen LogP) is 2.83. The molecule has 0 N–H and O–H groups in total. The molecule has 0 saturated carbocycles. The molecular weight excluding hydrogens is 249 g/mol. The summed E-state index contributed by atoms with van der Waals surface area (Å²) in [6.07, 6.45) is 3.23. The molecule has 1 atom stereocenters. The highest BCUT2D eigenvalue weighted by Gasteiger charge is 2.18. The van der Waals surface area contributed by atoms with Crippen molar-refractivity contribution >= 4 is 18.0 Å². The second-order valence-corrected chi connectivity index (χ2v) is 5.81. The van der Waals surface area contributed by atoms with Crippen LogP contribution >= 0.6 is 11.8 Å². The molecule has 1 aromatic rings. The molecular formula is C14H18FNOS. The van der Waals surface area contributed by atoms with Gasteiger partial charge in [-0.1, -0.05) is 0 Å². The Labute approximate surface area is 112 Å². The molecule has 98 valence electrons. The number of halogens is 1. The number of hydrogen-bond donors (Lipinski definition) is 0. The first-order chi connectivity index (χ1) is 8.78. The maximum atomic E-state index is 12.7. The summed E-state index contributed by atoms with van der Waals surface area (Å²) < 4.78 is 12.7. The Bertz CT molecular complexity index is 382. The number of likely N-dealkylation sites (tertiary alicyclic amines) is 1. The summed E-state index contributed by atoms with van der Waals surface area (Å²) in [5, 5.41) is 0. The average Bonchev–Trinajstić information content (AvgIpc) is 2.41. The van der Waals surface area contributed by atoms with Crippen LogP contribution in [0, 0.1) is 11.7 Å². The molecule has 0 radical (unpaired) electrons. The van der Waals surface area contributed by atoms with Crippen LogP contribution in [0.25, 0.3) is 0 Å². The number of nitrogens with zero attached hydrogens (tertiary/aromatic N) is 1. The van der Waals surface area contributed by atoms with Crippen LogP contribution in [0.3, 0.4) is 0 Å². The van der Waals surface area contributed by atoms with Gasteiger partial charge in [0.05, 0.1) is 0 Å².